The van der Waals surface area contributed by atoms with Gasteiger partial charge in [-0.15, -0.1) is 0 Å². The minimum absolute atomic E-state index is 0.126. The van der Waals surface area contributed by atoms with Gasteiger partial charge in [-0.05, 0) is 42.2 Å². The summed E-state index contributed by atoms with van der Waals surface area (Å²) in [5, 5.41) is 0. The summed E-state index contributed by atoms with van der Waals surface area (Å²) < 4.78 is 6.00. The van der Waals surface area contributed by atoms with Crippen LogP contribution in [-0.2, 0) is 6.42 Å². The van der Waals surface area contributed by atoms with Crippen molar-refractivity contribution in [2.45, 2.75) is 18.9 Å². The highest BCUT2D eigenvalue weighted by Gasteiger charge is 2.21. The van der Waals surface area contributed by atoms with Crippen LogP contribution in [0.5, 0.6) is 5.75 Å². The van der Waals surface area contributed by atoms with E-state index in [4.69, 9.17) is 4.74 Å². The molecule has 0 saturated heterocycles. The van der Waals surface area contributed by atoms with Crippen LogP contribution in [0.15, 0.2) is 48.5 Å². The van der Waals surface area contributed by atoms with Crippen molar-refractivity contribution < 1.29 is 9.53 Å². The highest BCUT2D eigenvalue weighted by molar-refractivity contribution is 5.75. The zero-order valence-corrected chi connectivity index (χ0v) is 10.0. The quantitative estimate of drug-likeness (QED) is 0.748. The van der Waals surface area contributed by atoms with Crippen LogP contribution in [0.1, 0.15) is 34.0 Å². The molecule has 0 amide bonds. The Hall–Kier alpha value is -2.09. The van der Waals surface area contributed by atoms with Crippen LogP contribution in [-0.4, -0.2) is 6.29 Å². The molecule has 0 aliphatic carbocycles. The lowest BCUT2D eigenvalue weighted by molar-refractivity contribution is 0.112. The van der Waals surface area contributed by atoms with Crippen molar-refractivity contribution in [2.24, 2.45) is 0 Å². The molecule has 0 fully saturated rings. The van der Waals surface area contributed by atoms with Gasteiger partial charge < -0.3 is 4.74 Å². The van der Waals surface area contributed by atoms with E-state index in [-0.39, 0.29) is 6.10 Å². The molecular formula is C16H14O2. The van der Waals surface area contributed by atoms with Crippen molar-refractivity contribution in [1.82, 2.24) is 0 Å². The molecule has 0 aromatic heterocycles. The average Bonchev–Trinajstić information content (AvgIpc) is 2.47. The van der Waals surface area contributed by atoms with Crippen molar-refractivity contribution in [3.05, 3.63) is 65.2 Å². The van der Waals surface area contributed by atoms with E-state index in [1.165, 1.54) is 5.56 Å². The molecule has 90 valence electrons. The second kappa shape index (κ2) is 4.65. The molecule has 2 nitrogen and oxygen atoms in total. The Morgan fingerprint density at radius 3 is 2.72 bits per heavy atom. The first kappa shape index (κ1) is 11.0. The highest BCUT2D eigenvalue weighted by atomic mass is 16.5. The summed E-state index contributed by atoms with van der Waals surface area (Å²) in [5.74, 6) is 0.903. The van der Waals surface area contributed by atoms with Crippen LogP contribution in [0.3, 0.4) is 0 Å². The predicted octanol–water partition coefficient (Wildman–Crippen LogP) is 3.57. The van der Waals surface area contributed by atoms with Gasteiger partial charge in [-0.3, -0.25) is 4.79 Å². The lowest BCUT2D eigenvalue weighted by Gasteiger charge is -2.26. The van der Waals surface area contributed by atoms with E-state index in [1.54, 1.807) is 6.07 Å². The van der Waals surface area contributed by atoms with Gasteiger partial charge in [0.2, 0.25) is 0 Å². The molecule has 0 saturated carbocycles. The van der Waals surface area contributed by atoms with E-state index in [1.807, 2.05) is 30.3 Å². The molecule has 0 N–H and O–H groups in total. The lowest BCUT2D eigenvalue weighted by Crippen LogP contribution is -2.15. The smallest absolute Gasteiger partial charge is 0.150 e. The van der Waals surface area contributed by atoms with E-state index in [0.717, 1.165) is 36.0 Å². The molecular weight excluding hydrogens is 224 g/mol. The molecule has 3 rings (SSSR count). The fourth-order valence-corrected chi connectivity index (χ4v) is 2.38. The number of hydrogen-bond acceptors (Lipinski definition) is 2. The molecule has 0 spiro atoms. The summed E-state index contributed by atoms with van der Waals surface area (Å²) in [6.07, 6.45) is 2.92. The first-order chi connectivity index (χ1) is 8.86. The van der Waals surface area contributed by atoms with Gasteiger partial charge in [0.1, 0.15) is 18.1 Å². The number of carbonyl (C=O) groups excluding carboxylic acids is 1. The van der Waals surface area contributed by atoms with Gasteiger partial charge >= 0.3 is 0 Å². The molecule has 18 heavy (non-hydrogen) atoms. The molecule has 1 heterocycles. The summed E-state index contributed by atoms with van der Waals surface area (Å²) in [6, 6.07) is 15.9. The fourth-order valence-electron chi connectivity index (χ4n) is 2.38. The van der Waals surface area contributed by atoms with Crippen LogP contribution in [0.25, 0.3) is 0 Å². The molecule has 1 aliphatic rings. The molecule has 2 aromatic carbocycles. The van der Waals surface area contributed by atoms with Crippen LogP contribution in [0, 0.1) is 0 Å². The number of fused-ring (bicyclic) bond motifs is 1. The summed E-state index contributed by atoms with van der Waals surface area (Å²) in [7, 11) is 0. The van der Waals surface area contributed by atoms with E-state index in [9.17, 15) is 4.79 Å². The third-order valence-corrected chi connectivity index (χ3v) is 3.34. The van der Waals surface area contributed by atoms with Crippen molar-refractivity contribution in [2.75, 3.05) is 0 Å². The third-order valence-electron chi connectivity index (χ3n) is 3.34. The summed E-state index contributed by atoms with van der Waals surface area (Å²) in [4.78, 5) is 10.7. The number of aryl methyl sites for hydroxylation is 1. The monoisotopic (exact) mass is 238 g/mol. The predicted molar refractivity (Wildman–Crippen MR) is 70.0 cm³/mol. The van der Waals surface area contributed by atoms with E-state index >= 15 is 0 Å². The number of aldehydes is 1. The third kappa shape index (κ3) is 2.02. The Kier molecular flexibility index (Phi) is 2.85. The van der Waals surface area contributed by atoms with Gasteiger partial charge in [0, 0.05) is 5.56 Å². The minimum atomic E-state index is 0.126. The number of carbonyl (C=O) groups is 1. The van der Waals surface area contributed by atoms with E-state index in [2.05, 4.69) is 12.1 Å². The normalized spacial score (nSPS) is 17.7. The van der Waals surface area contributed by atoms with Crippen molar-refractivity contribution in [3.8, 4) is 5.75 Å². The Morgan fingerprint density at radius 1 is 1.11 bits per heavy atom. The van der Waals surface area contributed by atoms with Gasteiger partial charge in [0.25, 0.3) is 0 Å². The van der Waals surface area contributed by atoms with E-state index in [0.29, 0.717) is 0 Å². The van der Waals surface area contributed by atoms with Crippen LogP contribution >= 0.6 is 0 Å². The first-order valence-electron chi connectivity index (χ1n) is 6.16. The van der Waals surface area contributed by atoms with E-state index < -0.39 is 0 Å². The fraction of sp³-hybridized carbons (Fsp3) is 0.188. The van der Waals surface area contributed by atoms with Gasteiger partial charge in [-0.25, -0.2) is 0 Å². The van der Waals surface area contributed by atoms with Crippen LogP contribution in [0.2, 0.25) is 0 Å². The topological polar surface area (TPSA) is 26.3 Å². The standard InChI is InChI=1S/C16H14O2/c17-11-12-6-8-16-14(10-12)7-9-15(18-16)13-4-2-1-3-5-13/h1-6,8,10-11,15H,7,9H2/t15-/m0/s1. The maximum Gasteiger partial charge on any atom is 0.150 e. The number of rotatable bonds is 2. The van der Waals surface area contributed by atoms with Crippen molar-refractivity contribution >= 4 is 6.29 Å². The summed E-state index contributed by atoms with van der Waals surface area (Å²) in [5.41, 5.74) is 3.06. The second-order valence-corrected chi connectivity index (χ2v) is 4.54. The Balaban J connectivity index is 1.88. The maximum absolute atomic E-state index is 10.7. The molecule has 0 bridgehead atoms. The van der Waals surface area contributed by atoms with Gasteiger partial charge in [0.05, 0.1) is 0 Å². The Morgan fingerprint density at radius 2 is 1.94 bits per heavy atom. The zero-order chi connectivity index (χ0) is 12.4. The van der Waals surface area contributed by atoms with Crippen LogP contribution in [0.4, 0.5) is 0 Å². The highest BCUT2D eigenvalue weighted by Crippen LogP contribution is 2.34. The number of hydrogen-bond donors (Lipinski definition) is 0. The zero-order valence-electron chi connectivity index (χ0n) is 10.0. The SMILES string of the molecule is O=Cc1ccc2c(c1)CC[C@@H](c1ccccc1)O2. The van der Waals surface area contributed by atoms with Gasteiger partial charge in [0.15, 0.2) is 0 Å². The van der Waals surface area contributed by atoms with Crippen molar-refractivity contribution in [1.29, 1.82) is 0 Å². The summed E-state index contributed by atoms with van der Waals surface area (Å²) in [6.45, 7) is 0. The first-order valence-corrected chi connectivity index (χ1v) is 6.16. The second-order valence-electron chi connectivity index (χ2n) is 4.54. The van der Waals surface area contributed by atoms with Gasteiger partial charge in [-0.2, -0.15) is 0 Å². The number of benzene rings is 2. The lowest BCUT2D eigenvalue weighted by atomic mass is 9.96. The molecule has 0 unspecified atom stereocenters. The molecule has 2 heteroatoms. The minimum Gasteiger partial charge on any atom is -0.485 e. The van der Waals surface area contributed by atoms with Crippen molar-refractivity contribution in [3.63, 3.8) is 0 Å². The van der Waals surface area contributed by atoms with Gasteiger partial charge in [-0.1, -0.05) is 30.3 Å². The summed E-state index contributed by atoms with van der Waals surface area (Å²) >= 11 is 0. The maximum atomic E-state index is 10.7. The molecule has 1 atom stereocenters. The Labute approximate surface area is 106 Å². The average molecular weight is 238 g/mol. The molecule has 2 aromatic rings. The largest absolute Gasteiger partial charge is 0.485 e. The molecule has 0 radical (unpaired) electrons. The van der Waals surface area contributed by atoms with Crippen LogP contribution < -0.4 is 4.74 Å². The Bertz CT molecular complexity index is 561. The number of ether oxygens (including phenoxy) is 1. The molecule has 1 aliphatic heterocycles.